The molecule has 1 heterocycles. The highest BCUT2D eigenvalue weighted by Gasteiger charge is 2.33. The lowest BCUT2D eigenvalue weighted by Gasteiger charge is -2.12. The van der Waals surface area contributed by atoms with Gasteiger partial charge in [0, 0.05) is 24.0 Å². The minimum absolute atomic E-state index is 0.0132. The Morgan fingerprint density at radius 2 is 1.76 bits per heavy atom. The number of anilines is 1. The number of carbonyl (C=O) groups is 1. The van der Waals surface area contributed by atoms with Gasteiger partial charge in [0.15, 0.2) is 0 Å². The number of carbonyl (C=O) groups excluding carboxylic acids is 1. The van der Waals surface area contributed by atoms with Gasteiger partial charge in [-0.1, -0.05) is 47.5 Å². The zero-order chi connectivity index (χ0) is 21.0. The molecule has 0 aliphatic carbocycles. The summed E-state index contributed by atoms with van der Waals surface area (Å²) in [5.74, 6) is 0. The number of nitrogens with zero attached hydrogens (tertiary/aromatic N) is 1. The summed E-state index contributed by atoms with van der Waals surface area (Å²) >= 11 is 11.6. The van der Waals surface area contributed by atoms with Crippen LogP contribution in [0.15, 0.2) is 60.8 Å². The third-order valence-corrected chi connectivity index (χ3v) is 4.64. The number of rotatable bonds is 4. The summed E-state index contributed by atoms with van der Waals surface area (Å²) in [6, 6.07) is 13.4. The fourth-order valence-corrected chi connectivity index (χ4v) is 3.03. The molecule has 9 heteroatoms. The molecule has 0 aliphatic rings. The van der Waals surface area contributed by atoms with E-state index in [1.54, 1.807) is 12.3 Å². The summed E-state index contributed by atoms with van der Waals surface area (Å²) in [6.45, 7) is 0.187. The second-order valence-corrected chi connectivity index (χ2v) is 6.80. The van der Waals surface area contributed by atoms with Gasteiger partial charge < -0.3 is 10.6 Å². The van der Waals surface area contributed by atoms with E-state index >= 15 is 0 Å². The van der Waals surface area contributed by atoms with Crippen molar-refractivity contribution in [1.29, 1.82) is 0 Å². The molecule has 150 valence electrons. The monoisotopic (exact) mass is 439 g/mol. The molecule has 0 fully saturated rings. The van der Waals surface area contributed by atoms with E-state index in [1.807, 2.05) is 30.3 Å². The lowest BCUT2D eigenvalue weighted by atomic mass is 10.1. The van der Waals surface area contributed by atoms with E-state index in [1.165, 1.54) is 6.07 Å². The summed E-state index contributed by atoms with van der Waals surface area (Å²) in [5, 5.41) is 4.91. The first-order valence-corrected chi connectivity index (χ1v) is 9.11. The van der Waals surface area contributed by atoms with Crippen molar-refractivity contribution in [2.45, 2.75) is 12.7 Å². The van der Waals surface area contributed by atoms with Gasteiger partial charge >= 0.3 is 12.2 Å². The molecule has 0 bridgehead atoms. The summed E-state index contributed by atoms with van der Waals surface area (Å²) in [6.07, 6.45) is -3.01. The lowest BCUT2D eigenvalue weighted by Crippen LogP contribution is -2.28. The molecule has 2 amide bonds. The molecule has 4 nitrogen and oxygen atoms in total. The van der Waals surface area contributed by atoms with Crippen LogP contribution < -0.4 is 10.6 Å². The first-order valence-electron chi connectivity index (χ1n) is 8.35. The van der Waals surface area contributed by atoms with Crippen molar-refractivity contribution in [3.63, 3.8) is 0 Å². The number of urea groups is 1. The summed E-state index contributed by atoms with van der Waals surface area (Å²) in [4.78, 5) is 16.0. The molecule has 1 aromatic heterocycles. The Labute approximate surface area is 174 Å². The van der Waals surface area contributed by atoms with Crippen LogP contribution in [0.2, 0.25) is 10.2 Å². The van der Waals surface area contributed by atoms with E-state index in [0.717, 1.165) is 28.8 Å². The highest BCUT2D eigenvalue weighted by atomic mass is 35.5. The van der Waals surface area contributed by atoms with Gasteiger partial charge in [0.1, 0.15) is 5.15 Å². The van der Waals surface area contributed by atoms with Crippen molar-refractivity contribution in [2.24, 2.45) is 0 Å². The fraction of sp³-hybridized carbons (Fsp3) is 0.100. The van der Waals surface area contributed by atoms with Gasteiger partial charge in [-0.05, 0) is 41.5 Å². The Bertz CT molecular complexity index is 1020. The number of aromatic nitrogens is 1. The van der Waals surface area contributed by atoms with Gasteiger partial charge in [-0.3, -0.25) is 0 Å². The zero-order valence-corrected chi connectivity index (χ0v) is 16.2. The highest BCUT2D eigenvalue weighted by Crippen LogP contribution is 2.36. The summed E-state index contributed by atoms with van der Waals surface area (Å²) < 4.78 is 38.7. The number of hydrogen-bond acceptors (Lipinski definition) is 2. The van der Waals surface area contributed by atoms with Crippen LogP contribution in [0.1, 0.15) is 11.1 Å². The molecule has 0 atom stereocenters. The molecule has 0 saturated heterocycles. The smallest absolute Gasteiger partial charge is 0.334 e. The largest absolute Gasteiger partial charge is 0.417 e. The molecule has 3 aromatic rings. The van der Waals surface area contributed by atoms with Crippen molar-refractivity contribution in [1.82, 2.24) is 10.3 Å². The van der Waals surface area contributed by atoms with Crippen LogP contribution in [-0.2, 0) is 12.7 Å². The molecule has 0 unspecified atom stereocenters. The van der Waals surface area contributed by atoms with E-state index < -0.39 is 22.8 Å². The fourth-order valence-electron chi connectivity index (χ4n) is 2.58. The van der Waals surface area contributed by atoms with Crippen molar-refractivity contribution in [3.05, 3.63) is 82.1 Å². The molecule has 0 spiro atoms. The Morgan fingerprint density at radius 3 is 2.41 bits per heavy atom. The Morgan fingerprint density at radius 1 is 1.03 bits per heavy atom. The highest BCUT2D eigenvalue weighted by molar-refractivity contribution is 6.32. The quantitative estimate of drug-likeness (QED) is 0.462. The lowest BCUT2D eigenvalue weighted by molar-refractivity contribution is -0.137. The van der Waals surface area contributed by atoms with E-state index in [4.69, 9.17) is 23.2 Å². The maximum Gasteiger partial charge on any atom is 0.417 e. The molecule has 0 aliphatic heterocycles. The molecule has 29 heavy (non-hydrogen) atoms. The molecular formula is C20H14Cl2F3N3O. The van der Waals surface area contributed by atoms with Crippen molar-refractivity contribution >= 4 is 34.9 Å². The van der Waals surface area contributed by atoms with E-state index in [2.05, 4.69) is 15.6 Å². The average Bonchev–Trinajstić information content (AvgIpc) is 2.68. The Balaban J connectivity index is 1.61. The predicted octanol–water partition coefficient (Wildman–Crippen LogP) is 6.40. The SMILES string of the molecule is O=C(NCc1ccc(-c2cccnc2Cl)cc1)Nc1ccc(Cl)c(C(F)(F)F)c1. The maximum atomic E-state index is 12.9. The Kier molecular flexibility index (Phi) is 6.30. The molecule has 2 aromatic carbocycles. The normalized spacial score (nSPS) is 11.2. The van der Waals surface area contributed by atoms with Gasteiger partial charge in [0.25, 0.3) is 0 Å². The molecule has 3 rings (SSSR count). The Hall–Kier alpha value is -2.77. The first-order chi connectivity index (χ1) is 13.7. The number of hydrogen-bond donors (Lipinski definition) is 2. The minimum Gasteiger partial charge on any atom is -0.334 e. The standard InChI is InChI=1S/C20H14Cl2F3N3O/c21-17-8-7-14(10-16(17)20(23,24)25)28-19(29)27-11-12-3-5-13(6-4-12)15-2-1-9-26-18(15)22/h1-10H,11H2,(H2,27,28,29). The van der Waals surface area contributed by atoms with Crippen molar-refractivity contribution < 1.29 is 18.0 Å². The van der Waals surface area contributed by atoms with Gasteiger partial charge in [0.2, 0.25) is 0 Å². The van der Waals surface area contributed by atoms with E-state index in [0.29, 0.717) is 5.15 Å². The van der Waals surface area contributed by atoms with Crippen molar-refractivity contribution in [3.8, 4) is 11.1 Å². The number of nitrogens with one attached hydrogen (secondary N) is 2. The number of pyridine rings is 1. The molecule has 0 radical (unpaired) electrons. The van der Waals surface area contributed by atoms with Crippen molar-refractivity contribution in [2.75, 3.05) is 5.32 Å². The van der Waals surface area contributed by atoms with E-state index in [9.17, 15) is 18.0 Å². The summed E-state index contributed by atoms with van der Waals surface area (Å²) in [5.41, 5.74) is 1.44. The second kappa shape index (κ2) is 8.71. The van der Waals surface area contributed by atoms with Crippen LogP contribution in [0.3, 0.4) is 0 Å². The third kappa shape index (κ3) is 5.40. The number of halogens is 5. The third-order valence-electron chi connectivity index (χ3n) is 4.01. The maximum absolute atomic E-state index is 12.9. The number of amides is 2. The zero-order valence-electron chi connectivity index (χ0n) is 14.7. The minimum atomic E-state index is -4.61. The van der Waals surface area contributed by atoms with Gasteiger partial charge in [-0.2, -0.15) is 13.2 Å². The first kappa shape index (κ1) is 21.0. The second-order valence-electron chi connectivity index (χ2n) is 6.04. The predicted molar refractivity (Wildman–Crippen MR) is 107 cm³/mol. The van der Waals surface area contributed by atoms with Gasteiger partial charge in [0.05, 0.1) is 10.6 Å². The molecular weight excluding hydrogens is 426 g/mol. The average molecular weight is 440 g/mol. The van der Waals surface area contributed by atoms with E-state index in [-0.39, 0.29) is 12.2 Å². The summed E-state index contributed by atoms with van der Waals surface area (Å²) in [7, 11) is 0. The van der Waals surface area contributed by atoms with Crippen LogP contribution in [-0.4, -0.2) is 11.0 Å². The topological polar surface area (TPSA) is 54.0 Å². The van der Waals surface area contributed by atoms with Crippen LogP contribution in [0.5, 0.6) is 0 Å². The number of benzene rings is 2. The van der Waals surface area contributed by atoms with Gasteiger partial charge in [-0.25, -0.2) is 9.78 Å². The van der Waals surface area contributed by atoms with Crippen LogP contribution in [0, 0.1) is 0 Å². The van der Waals surface area contributed by atoms with Gasteiger partial charge in [-0.15, -0.1) is 0 Å². The number of alkyl halides is 3. The molecule has 0 saturated carbocycles. The van der Waals surface area contributed by atoms with Crippen LogP contribution in [0.4, 0.5) is 23.7 Å². The van der Waals surface area contributed by atoms with Crippen LogP contribution >= 0.6 is 23.2 Å². The van der Waals surface area contributed by atoms with Crippen LogP contribution in [0.25, 0.3) is 11.1 Å². The molecule has 2 N–H and O–H groups in total.